The predicted molar refractivity (Wildman–Crippen MR) is 96.3 cm³/mol. The molecule has 0 atom stereocenters. The van der Waals surface area contributed by atoms with Crippen molar-refractivity contribution in [2.24, 2.45) is 7.05 Å². The first kappa shape index (κ1) is 17.4. The van der Waals surface area contributed by atoms with E-state index in [2.05, 4.69) is 5.10 Å². The van der Waals surface area contributed by atoms with Crippen LogP contribution in [0, 0.1) is 0 Å². The SMILES string of the molecule is COP(=O)(OC)Oc1c(-c2ccccc2)nn(C)c1-c1ccccc1. The van der Waals surface area contributed by atoms with Crippen molar-refractivity contribution in [1.29, 1.82) is 0 Å². The van der Waals surface area contributed by atoms with E-state index in [0.29, 0.717) is 17.1 Å². The lowest BCUT2D eigenvalue weighted by atomic mass is 10.1. The van der Waals surface area contributed by atoms with Crippen LogP contribution in [0.1, 0.15) is 0 Å². The van der Waals surface area contributed by atoms with Crippen molar-refractivity contribution in [2.75, 3.05) is 14.2 Å². The highest BCUT2D eigenvalue weighted by Gasteiger charge is 2.31. The number of phosphoric ester groups is 1. The van der Waals surface area contributed by atoms with Crippen LogP contribution >= 0.6 is 7.82 Å². The summed E-state index contributed by atoms with van der Waals surface area (Å²) < 4.78 is 29.9. The van der Waals surface area contributed by atoms with E-state index in [1.807, 2.05) is 67.7 Å². The fraction of sp³-hybridized carbons (Fsp3) is 0.167. The maximum Gasteiger partial charge on any atom is 0.529 e. The first-order valence-electron chi connectivity index (χ1n) is 7.67. The Labute approximate surface area is 146 Å². The number of nitrogens with zero attached hydrogens (tertiary/aromatic N) is 2. The van der Waals surface area contributed by atoms with Crippen molar-refractivity contribution in [3.63, 3.8) is 0 Å². The van der Waals surface area contributed by atoms with E-state index in [9.17, 15) is 4.57 Å². The molecule has 7 heteroatoms. The van der Waals surface area contributed by atoms with Crippen LogP contribution in [0.15, 0.2) is 60.7 Å². The third-order valence-corrected chi connectivity index (χ3v) is 5.05. The molecule has 0 N–H and O–H groups in total. The van der Waals surface area contributed by atoms with Crippen molar-refractivity contribution >= 4 is 7.82 Å². The zero-order valence-corrected chi connectivity index (χ0v) is 15.1. The number of aryl methyl sites for hydroxylation is 1. The maximum absolute atomic E-state index is 12.6. The molecule has 0 fully saturated rings. The van der Waals surface area contributed by atoms with E-state index in [1.165, 1.54) is 14.2 Å². The van der Waals surface area contributed by atoms with Gasteiger partial charge in [0.15, 0.2) is 5.75 Å². The molecular formula is C18H19N2O4P. The monoisotopic (exact) mass is 358 g/mol. The Hall–Kier alpha value is -2.40. The second kappa shape index (κ2) is 7.23. The van der Waals surface area contributed by atoms with Crippen LogP contribution in [0.2, 0.25) is 0 Å². The average Bonchev–Trinajstić information content (AvgIpc) is 2.98. The molecule has 1 aromatic heterocycles. The van der Waals surface area contributed by atoms with Crippen molar-refractivity contribution in [3.8, 4) is 28.3 Å². The Morgan fingerprint density at radius 1 is 0.880 bits per heavy atom. The minimum absolute atomic E-state index is 0.354. The van der Waals surface area contributed by atoms with Gasteiger partial charge in [0, 0.05) is 32.4 Å². The molecule has 0 spiro atoms. The fourth-order valence-electron chi connectivity index (χ4n) is 2.55. The van der Waals surface area contributed by atoms with Crippen LogP contribution in [-0.2, 0) is 20.7 Å². The largest absolute Gasteiger partial charge is 0.529 e. The summed E-state index contributed by atoms with van der Waals surface area (Å²) in [7, 11) is 0.639. The number of benzene rings is 2. The molecule has 0 bridgehead atoms. The van der Waals surface area contributed by atoms with Crippen molar-refractivity contribution < 1.29 is 18.1 Å². The molecule has 0 aliphatic rings. The molecule has 25 heavy (non-hydrogen) atoms. The van der Waals surface area contributed by atoms with Crippen LogP contribution in [0.4, 0.5) is 0 Å². The van der Waals surface area contributed by atoms with Crippen LogP contribution in [0.3, 0.4) is 0 Å². The second-order valence-electron chi connectivity index (χ2n) is 5.29. The first-order chi connectivity index (χ1) is 12.1. The highest BCUT2D eigenvalue weighted by atomic mass is 31.2. The van der Waals surface area contributed by atoms with E-state index in [0.717, 1.165) is 11.1 Å². The molecule has 0 amide bonds. The molecule has 0 saturated heterocycles. The van der Waals surface area contributed by atoms with E-state index in [4.69, 9.17) is 13.6 Å². The molecule has 0 aliphatic carbocycles. The number of hydrogen-bond acceptors (Lipinski definition) is 5. The van der Waals surface area contributed by atoms with E-state index >= 15 is 0 Å². The van der Waals surface area contributed by atoms with Gasteiger partial charge >= 0.3 is 7.82 Å². The zero-order chi connectivity index (χ0) is 17.9. The Morgan fingerprint density at radius 3 is 1.92 bits per heavy atom. The van der Waals surface area contributed by atoms with Crippen molar-refractivity contribution in [2.45, 2.75) is 0 Å². The molecule has 0 aliphatic heterocycles. The van der Waals surface area contributed by atoms with Gasteiger partial charge in [-0.2, -0.15) is 5.10 Å². The van der Waals surface area contributed by atoms with Crippen molar-refractivity contribution in [1.82, 2.24) is 9.78 Å². The van der Waals surface area contributed by atoms with E-state index in [1.54, 1.807) is 4.68 Å². The molecule has 0 saturated carbocycles. The van der Waals surface area contributed by atoms with Gasteiger partial charge in [0.2, 0.25) is 0 Å². The Balaban J connectivity index is 2.22. The van der Waals surface area contributed by atoms with Gasteiger partial charge in [-0.3, -0.25) is 13.7 Å². The van der Waals surface area contributed by atoms with Gasteiger partial charge in [0.25, 0.3) is 0 Å². The van der Waals surface area contributed by atoms with Gasteiger partial charge < -0.3 is 4.52 Å². The number of rotatable bonds is 6. The summed E-state index contributed by atoms with van der Waals surface area (Å²) in [6.45, 7) is 0. The van der Waals surface area contributed by atoms with Gasteiger partial charge in [-0.25, -0.2) is 4.57 Å². The summed E-state index contributed by atoms with van der Waals surface area (Å²) in [4.78, 5) is 0. The Bertz CT molecular complexity index is 886. The molecule has 0 unspecified atom stereocenters. The number of hydrogen-bond donors (Lipinski definition) is 0. The second-order valence-corrected chi connectivity index (χ2v) is 7.09. The summed E-state index contributed by atoms with van der Waals surface area (Å²) in [6.07, 6.45) is 0. The lowest BCUT2D eigenvalue weighted by Crippen LogP contribution is -1.99. The normalized spacial score (nSPS) is 11.5. The van der Waals surface area contributed by atoms with E-state index < -0.39 is 7.82 Å². The standard InChI is InChI=1S/C18H19N2O4P/c1-20-17(15-12-8-5-9-13-15)18(24-25(21,22-2)23-3)16(19-20)14-10-6-4-7-11-14/h4-13H,1-3H3. The molecule has 3 aromatic rings. The summed E-state index contributed by atoms with van der Waals surface area (Å²) in [6, 6.07) is 19.2. The lowest BCUT2D eigenvalue weighted by Gasteiger charge is -2.16. The first-order valence-corrected chi connectivity index (χ1v) is 9.13. The van der Waals surface area contributed by atoms with E-state index in [-0.39, 0.29) is 0 Å². The third kappa shape index (κ3) is 3.51. The van der Waals surface area contributed by atoms with Crippen molar-refractivity contribution in [3.05, 3.63) is 60.7 Å². The molecule has 130 valence electrons. The van der Waals surface area contributed by atoms with Crippen LogP contribution < -0.4 is 4.52 Å². The summed E-state index contributed by atoms with van der Waals surface area (Å²) in [5.74, 6) is 0.354. The van der Waals surface area contributed by atoms with Gasteiger partial charge in [0.1, 0.15) is 11.4 Å². The summed E-state index contributed by atoms with van der Waals surface area (Å²) in [5.41, 5.74) is 2.98. The topological polar surface area (TPSA) is 62.6 Å². The minimum atomic E-state index is -3.74. The summed E-state index contributed by atoms with van der Waals surface area (Å²) >= 11 is 0. The quantitative estimate of drug-likeness (QED) is 0.606. The predicted octanol–water partition coefficient (Wildman–Crippen LogP) is 4.53. The Kier molecular flexibility index (Phi) is 5.04. The molecule has 6 nitrogen and oxygen atoms in total. The number of phosphoric acid groups is 1. The van der Waals surface area contributed by atoms with Gasteiger partial charge in [-0.15, -0.1) is 0 Å². The zero-order valence-electron chi connectivity index (χ0n) is 14.2. The van der Waals surface area contributed by atoms with Crippen LogP contribution in [0.5, 0.6) is 5.75 Å². The van der Waals surface area contributed by atoms with Crippen LogP contribution in [-0.4, -0.2) is 24.0 Å². The molecule has 3 rings (SSSR count). The molecule has 1 heterocycles. The highest BCUT2D eigenvalue weighted by Crippen LogP contribution is 2.52. The minimum Gasteiger partial charge on any atom is -0.399 e. The highest BCUT2D eigenvalue weighted by molar-refractivity contribution is 7.48. The molecule has 2 aromatic carbocycles. The lowest BCUT2D eigenvalue weighted by molar-refractivity contribution is 0.211. The van der Waals surface area contributed by atoms with Gasteiger partial charge in [0.05, 0.1) is 0 Å². The van der Waals surface area contributed by atoms with Crippen LogP contribution in [0.25, 0.3) is 22.5 Å². The third-order valence-electron chi connectivity index (χ3n) is 3.75. The summed E-state index contributed by atoms with van der Waals surface area (Å²) in [5, 5.41) is 4.57. The maximum atomic E-state index is 12.6. The molecule has 0 radical (unpaired) electrons. The smallest absolute Gasteiger partial charge is 0.399 e. The fourth-order valence-corrected chi connectivity index (χ4v) is 3.25. The van der Waals surface area contributed by atoms with Gasteiger partial charge in [-0.1, -0.05) is 60.7 Å². The molecular weight excluding hydrogens is 339 g/mol. The number of aromatic nitrogens is 2. The average molecular weight is 358 g/mol. The van der Waals surface area contributed by atoms with Gasteiger partial charge in [-0.05, 0) is 0 Å². The Morgan fingerprint density at radius 2 is 1.40 bits per heavy atom.